The lowest BCUT2D eigenvalue weighted by molar-refractivity contribution is -0.130. The molecule has 1 aliphatic heterocycles. The maximum Gasteiger partial charge on any atom is 0.258 e. The highest BCUT2D eigenvalue weighted by Crippen LogP contribution is 2.21. The van der Waals surface area contributed by atoms with Crippen LogP contribution in [0.15, 0.2) is 24.3 Å². The molecule has 1 aromatic rings. The van der Waals surface area contributed by atoms with Gasteiger partial charge in [-0.3, -0.25) is 9.69 Å². The van der Waals surface area contributed by atoms with Gasteiger partial charge in [-0.25, -0.2) is 13.2 Å². The summed E-state index contributed by atoms with van der Waals surface area (Å²) in [7, 11) is 0. The molecule has 134 valence electrons. The van der Waals surface area contributed by atoms with Gasteiger partial charge in [0.2, 0.25) is 5.91 Å². The first-order valence-corrected chi connectivity index (χ1v) is 8.19. The second-order valence-corrected chi connectivity index (χ2v) is 6.07. The van der Waals surface area contributed by atoms with Crippen molar-refractivity contribution in [3.8, 4) is 0 Å². The number of hydrogen-bond donors (Lipinski definition) is 2. The number of likely N-dealkylation sites (tertiary alicyclic amines) is 1. The molecule has 24 heavy (non-hydrogen) atoms. The van der Waals surface area contributed by atoms with Crippen LogP contribution in [0, 0.1) is 5.82 Å². The molecule has 1 heterocycles. The van der Waals surface area contributed by atoms with Crippen LogP contribution in [0.1, 0.15) is 31.2 Å². The van der Waals surface area contributed by atoms with Crippen LogP contribution in [-0.2, 0) is 11.3 Å². The van der Waals surface area contributed by atoms with Crippen molar-refractivity contribution in [1.29, 1.82) is 0 Å². The molecule has 7 heteroatoms. The minimum atomic E-state index is -2.72. The zero-order valence-corrected chi connectivity index (χ0v) is 13.4. The standard InChI is InChI=1S/C17H23F3N2O2/c18-13-5-3-4-12(10-13)11-22-8-2-1-6-15(22)17(24)21-14(7-9-23)16(19)20/h3-5,10,14-16,23H,1-2,6-9,11H2,(H,21,24). The molecule has 2 atom stereocenters. The lowest BCUT2D eigenvalue weighted by Gasteiger charge is -2.35. The van der Waals surface area contributed by atoms with Gasteiger partial charge in [0.15, 0.2) is 0 Å². The fourth-order valence-electron chi connectivity index (χ4n) is 3.03. The summed E-state index contributed by atoms with van der Waals surface area (Å²) in [5, 5.41) is 11.2. The Morgan fingerprint density at radius 1 is 1.38 bits per heavy atom. The molecule has 1 fully saturated rings. The second-order valence-electron chi connectivity index (χ2n) is 6.07. The van der Waals surface area contributed by atoms with Crippen molar-refractivity contribution in [2.45, 2.75) is 50.7 Å². The molecule has 2 unspecified atom stereocenters. The number of hydrogen-bond acceptors (Lipinski definition) is 3. The van der Waals surface area contributed by atoms with Gasteiger partial charge in [-0.05, 0) is 43.5 Å². The Bertz CT molecular complexity index is 542. The molecule has 2 N–H and O–H groups in total. The van der Waals surface area contributed by atoms with Crippen LogP contribution in [0.5, 0.6) is 0 Å². The van der Waals surface area contributed by atoms with Crippen molar-refractivity contribution in [3.05, 3.63) is 35.6 Å². The Labute approximate surface area is 139 Å². The molecule has 0 spiro atoms. The summed E-state index contributed by atoms with van der Waals surface area (Å²) in [6, 6.07) is 4.30. The SMILES string of the molecule is O=C(NC(CCO)C(F)F)C1CCCCN1Cc1cccc(F)c1. The molecule has 1 amide bonds. The predicted octanol–water partition coefficient (Wildman–Crippen LogP) is 2.31. The number of carbonyl (C=O) groups is 1. The first kappa shape index (κ1) is 18.7. The van der Waals surface area contributed by atoms with Crippen molar-refractivity contribution < 1.29 is 23.1 Å². The third-order valence-electron chi connectivity index (χ3n) is 4.26. The zero-order valence-electron chi connectivity index (χ0n) is 13.4. The van der Waals surface area contributed by atoms with Gasteiger partial charge in [-0.15, -0.1) is 0 Å². The van der Waals surface area contributed by atoms with Crippen LogP contribution in [0.25, 0.3) is 0 Å². The fourth-order valence-corrected chi connectivity index (χ4v) is 3.03. The number of benzene rings is 1. The molecule has 0 radical (unpaired) electrons. The minimum absolute atomic E-state index is 0.181. The van der Waals surface area contributed by atoms with E-state index in [4.69, 9.17) is 5.11 Å². The first-order chi connectivity index (χ1) is 11.5. The number of nitrogens with one attached hydrogen (secondary N) is 1. The molecular formula is C17H23F3N2O2. The number of rotatable bonds is 7. The van der Waals surface area contributed by atoms with Gasteiger partial charge >= 0.3 is 0 Å². The molecule has 0 aliphatic carbocycles. The van der Waals surface area contributed by atoms with Gasteiger partial charge in [0.05, 0.1) is 12.1 Å². The number of carbonyl (C=O) groups excluding carboxylic acids is 1. The number of aliphatic hydroxyl groups is 1. The van der Waals surface area contributed by atoms with E-state index in [1.165, 1.54) is 12.1 Å². The first-order valence-electron chi connectivity index (χ1n) is 8.19. The number of halogens is 3. The summed E-state index contributed by atoms with van der Waals surface area (Å²) < 4.78 is 39.2. The van der Waals surface area contributed by atoms with Crippen molar-refractivity contribution in [3.63, 3.8) is 0 Å². The molecule has 1 aromatic carbocycles. The van der Waals surface area contributed by atoms with E-state index in [0.717, 1.165) is 18.4 Å². The fraction of sp³-hybridized carbons (Fsp3) is 0.588. The zero-order chi connectivity index (χ0) is 17.5. The van der Waals surface area contributed by atoms with Gasteiger partial charge < -0.3 is 10.4 Å². The van der Waals surface area contributed by atoms with Crippen LogP contribution in [-0.4, -0.2) is 47.6 Å². The summed E-state index contributed by atoms with van der Waals surface area (Å²) in [5.74, 6) is -0.795. The molecular weight excluding hydrogens is 321 g/mol. The van der Waals surface area contributed by atoms with Crippen LogP contribution >= 0.6 is 0 Å². The largest absolute Gasteiger partial charge is 0.396 e. The van der Waals surface area contributed by atoms with E-state index in [2.05, 4.69) is 5.32 Å². The van der Waals surface area contributed by atoms with E-state index < -0.39 is 31.0 Å². The average molecular weight is 344 g/mol. The van der Waals surface area contributed by atoms with Gasteiger partial charge in [0.25, 0.3) is 6.43 Å². The van der Waals surface area contributed by atoms with Crippen molar-refractivity contribution in [1.82, 2.24) is 10.2 Å². The highest BCUT2D eigenvalue weighted by Gasteiger charge is 2.31. The number of aliphatic hydroxyl groups excluding tert-OH is 1. The number of piperidine rings is 1. The summed E-state index contributed by atoms with van der Waals surface area (Å²) in [6.45, 7) is 0.649. The van der Waals surface area contributed by atoms with Crippen LogP contribution in [0.2, 0.25) is 0 Å². The van der Waals surface area contributed by atoms with E-state index in [1.807, 2.05) is 4.90 Å². The van der Waals surface area contributed by atoms with Gasteiger partial charge in [0, 0.05) is 13.2 Å². The Balaban J connectivity index is 2.03. The Morgan fingerprint density at radius 2 is 2.17 bits per heavy atom. The molecule has 0 aromatic heterocycles. The highest BCUT2D eigenvalue weighted by molar-refractivity contribution is 5.82. The minimum Gasteiger partial charge on any atom is -0.396 e. The number of alkyl halides is 2. The Morgan fingerprint density at radius 3 is 2.83 bits per heavy atom. The summed E-state index contributed by atoms with van der Waals surface area (Å²) >= 11 is 0. The molecule has 0 saturated carbocycles. The van der Waals surface area contributed by atoms with Gasteiger partial charge in [-0.1, -0.05) is 18.6 Å². The van der Waals surface area contributed by atoms with E-state index in [-0.39, 0.29) is 12.2 Å². The predicted molar refractivity (Wildman–Crippen MR) is 84.1 cm³/mol. The third-order valence-corrected chi connectivity index (χ3v) is 4.26. The number of nitrogens with zero attached hydrogens (tertiary/aromatic N) is 1. The van der Waals surface area contributed by atoms with E-state index in [9.17, 15) is 18.0 Å². The van der Waals surface area contributed by atoms with Crippen LogP contribution < -0.4 is 5.32 Å². The van der Waals surface area contributed by atoms with E-state index in [1.54, 1.807) is 12.1 Å². The van der Waals surface area contributed by atoms with Gasteiger partial charge in [0.1, 0.15) is 5.82 Å². The topological polar surface area (TPSA) is 52.6 Å². The average Bonchev–Trinajstić information content (AvgIpc) is 2.54. The summed E-state index contributed by atoms with van der Waals surface area (Å²) in [6.07, 6.45) is -0.567. The molecule has 1 saturated heterocycles. The van der Waals surface area contributed by atoms with Gasteiger partial charge in [-0.2, -0.15) is 0 Å². The monoisotopic (exact) mass is 344 g/mol. The van der Waals surface area contributed by atoms with Crippen molar-refractivity contribution >= 4 is 5.91 Å². The quantitative estimate of drug-likeness (QED) is 0.798. The normalized spacial score (nSPS) is 20.1. The maximum atomic E-state index is 13.3. The van der Waals surface area contributed by atoms with E-state index in [0.29, 0.717) is 19.5 Å². The second kappa shape index (κ2) is 9.03. The summed E-state index contributed by atoms with van der Waals surface area (Å²) in [5.41, 5.74) is 0.746. The summed E-state index contributed by atoms with van der Waals surface area (Å²) in [4.78, 5) is 14.3. The lowest BCUT2D eigenvalue weighted by Crippen LogP contribution is -2.53. The maximum absolute atomic E-state index is 13.3. The Kier molecular flexibility index (Phi) is 7.05. The van der Waals surface area contributed by atoms with Crippen LogP contribution in [0.4, 0.5) is 13.2 Å². The van der Waals surface area contributed by atoms with E-state index >= 15 is 0 Å². The molecule has 4 nitrogen and oxygen atoms in total. The molecule has 2 rings (SSSR count). The number of amides is 1. The lowest BCUT2D eigenvalue weighted by atomic mass is 10.00. The molecule has 1 aliphatic rings. The van der Waals surface area contributed by atoms with Crippen LogP contribution in [0.3, 0.4) is 0 Å². The highest BCUT2D eigenvalue weighted by atomic mass is 19.3. The Hall–Kier alpha value is -1.60. The third kappa shape index (κ3) is 5.21. The van der Waals surface area contributed by atoms with Crippen molar-refractivity contribution in [2.75, 3.05) is 13.2 Å². The smallest absolute Gasteiger partial charge is 0.258 e. The molecule has 0 bridgehead atoms. The van der Waals surface area contributed by atoms with Crippen molar-refractivity contribution in [2.24, 2.45) is 0 Å².